The summed E-state index contributed by atoms with van der Waals surface area (Å²) in [6, 6.07) is 9.14. The molecule has 1 N–H and O–H groups in total. The molecule has 0 bridgehead atoms. The number of carbonyl (C=O) groups excluding carboxylic acids is 1. The summed E-state index contributed by atoms with van der Waals surface area (Å²) >= 11 is 0. The second-order valence-electron chi connectivity index (χ2n) is 4.12. The first kappa shape index (κ1) is 11.4. The van der Waals surface area contributed by atoms with E-state index in [2.05, 4.69) is 28.8 Å². The van der Waals surface area contributed by atoms with Crippen LogP contribution in [0.1, 0.15) is 35.7 Å². The topological polar surface area (TPSA) is 55.1 Å². The quantitative estimate of drug-likeness (QED) is 0.881. The zero-order valence-corrected chi connectivity index (χ0v) is 9.81. The Kier molecular flexibility index (Phi) is 3.23. The first-order valence-electron chi connectivity index (χ1n) is 5.48. The zero-order valence-electron chi connectivity index (χ0n) is 9.81. The lowest BCUT2D eigenvalue weighted by atomic mass is 10.0. The predicted octanol–water partition coefficient (Wildman–Crippen LogP) is 3.05. The Labute approximate surface area is 99.6 Å². The highest BCUT2D eigenvalue weighted by Crippen LogP contribution is 2.15. The molecule has 4 heteroatoms. The third-order valence-corrected chi connectivity index (χ3v) is 2.52. The number of aromatic nitrogens is 1. The number of amides is 1. The number of rotatable bonds is 3. The van der Waals surface area contributed by atoms with Crippen LogP contribution in [0.5, 0.6) is 0 Å². The summed E-state index contributed by atoms with van der Waals surface area (Å²) in [5.41, 5.74) is 1.82. The molecule has 0 aliphatic carbocycles. The maximum Gasteiger partial charge on any atom is 0.256 e. The van der Waals surface area contributed by atoms with Gasteiger partial charge in [-0.15, -0.1) is 0 Å². The van der Waals surface area contributed by atoms with E-state index in [0.29, 0.717) is 17.3 Å². The van der Waals surface area contributed by atoms with Crippen molar-refractivity contribution in [2.45, 2.75) is 19.8 Å². The van der Waals surface area contributed by atoms with Gasteiger partial charge in [-0.05, 0) is 23.6 Å². The summed E-state index contributed by atoms with van der Waals surface area (Å²) in [5.74, 6) is 0.694. The summed E-state index contributed by atoms with van der Waals surface area (Å²) in [5, 5.41) is 6.26. The molecule has 1 amide bonds. The van der Waals surface area contributed by atoms with Crippen molar-refractivity contribution >= 4 is 11.7 Å². The van der Waals surface area contributed by atoms with Gasteiger partial charge >= 0.3 is 0 Å². The van der Waals surface area contributed by atoms with Gasteiger partial charge in [-0.2, -0.15) is 0 Å². The first-order chi connectivity index (χ1) is 8.16. The minimum absolute atomic E-state index is 0.186. The highest BCUT2D eigenvalue weighted by molar-refractivity contribution is 6.03. The molecule has 0 spiro atoms. The molecule has 0 aliphatic heterocycles. The summed E-state index contributed by atoms with van der Waals surface area (Å²) in [6.45, 7) is 4.23. The minimum Gasteiger partial charge on any atom is -0.363 e. The molecule has 1 aromatic heterocycles. The van der Waals surface area contributed by atoms with Gasteiger partial charge < -0.3 is 9.84 Å². The average molecular weight is 230 g/mol. The standard InChI is InChI=1S/C13H14N2O2/c1-9(2)10-3-5-11(6-4-10)13(16)14-12-7-8-17-15-12/h3-9H,1-2H3,(H,14,15,16). The van der Waals surface area contributed by atoms with E-state index in [1.807, 2.05) is 24.3 Å². The lowest BCUT2D eigenvalue weighted by Gasteiger charge is -2.06. The van der Waals surface area contributed by atoms with Crippen molar-refractivity contribution in [2.24, 2.45) is 0 Å². The summed E-state index contributed by atoms with van der Waals surface area (Å²) in [4.78, 5) is 11.8. The number of hydrogen-bond acceptors (Lipinski definition) is 3. The molecule has 17 heavy (non-hydrogen) atoms. The molecule has 4 nitrogen and oxygen atoms in total. The molecular weight excluding hydrogens is 216 g/mol. The molecular formula is C13H14N2O2. The van der Waals surface area contributed by atoms with Gasteiger partial charge in [0.15, 0.2) is 5.82 Å². The largest absolute Gasteiger partial charge is 0.363 e. The van der Waals surface area contributed by atoms with Crippen molar-refractivity contribution in [3.8, 4) is 0 Å². The van der Waals surface area contributed by atoms with E-state index < -0.39 is 0 Å². The Bertz CT molecular complexity index is 487. The normalized spacial score (nSPS) is 10.5. The third kappa shape index (κ3) is 2.72. The van der Waals surface area contributed by atoms with E-state index in [-0.39, 0.29) is 5.91 Å². The maximum atomic E-state index is 11.8. The van der Waals surface area contributed by atoms with Crippen LogP contribution in [-0.4, -0.2) is 11.1 Å². The highest BCUT2D eigenvalue weighted by Gasteiger charge is 2.08. The molecule has 0 radical (unpaired) electrons. The van der Waals surface area contributed by atoms with E-state index >= 15 is 0 Å². The molecule has 1 heterocycles. The van der Waals surface area contributed by atoms with Crippen molar-refractivity contribution in [2.75, 3.05) is 5.32 Å². The van der Waals surface area contributed by atoms with Crippen LogP contribution >= 0.6 is 0 Å². The Morgan fingerprint density at radius 3 is 2.47 bits per heavy atom. The summed E-state index contributed by atoms with van der Waals surface area (Å²) in [6.07, 6.45) is 1.41. The molecule has 2 aromatic rings. The number of nitrogens with zero attached hydrogens (tertiary/aromatic N) is 1. The van der Waals surface area contributed by atoms with E-state index in [4.69, 9.17) is 0 Å². The van der Waals surface area contributed by atoms with Crippen molar-refractivity contribution in [3.05, 3.63) is 47.7 Å². The van der Waals surface area contributed by atoms with Crippen LogP contribution in [0.15, 0.2) is 41.1 Å². The summed E-state index contributed by atoms with van der Waals surface area (Å²) < 4.78 is 4.64. The van der Waals surface area contributed by atoms with E-state index in [0.717, 1.165) is 0 Å². The number of carbonyl (C=O) groups is 1. The zero-order chi connectivity index (χ0) is 12.3. The van der Waals surface area contributed by atoms with E-state index in [1.54, 1.807) is 6.07 Å². The fraction of sp³-hybridized carbons (Fsp3) is 0.231. The minimum atomic E-state index is -0.186. The number of nitrogens with one attached hydrogen (secondary N) is 1. The van der Waals surface area contributed by atoms with Crippen LogP contribution in [-0.2, 0) is 0 Å². The smallest absolute Gasteiger partial charge is 0.256 e. The molecule has 0 saturated carbocycles. The Morgan fingerprint density at radius 2 is 1.94 bits per heavy atom. The van der Waals surface area contributed by atoms with Gasteiger partial charge in [-0.25, -0.2) is 0 Å². The van der Waals surface area contributed by atoms with Crippen molar-refractivity contribution in [3.63, 3.8) is 0 Å². The molecule has 88 valence electrons. The summed E-state index contributed by atoms with van der Waals surface area (Å²) in [7, 11) is 0. The van der Waals surface area contributed by atoms with Gasteiger partial charge in [-0.3, -0.25) is 4.79 Å². The molecule has 0 aliphatic rings. The Balaban J connectivity index is 2.09. The highest BCUT2D eigenvalue weighted by atomic mass is 16.5. The number of hydrogen-bond donors (Lipinski definition) is 1. The number of anilines is 1. The van der Waals surface area contributed by atoms with Crippen LogP contribution in [0.4, 0.5) is 5.82 Å². The van der Waals surface area contributed by atoms with Crippen LogP contribution in [0.25, 0.3) is 0 Å². The molecule has 2 rings (SSSR count). The van der Waals surface area contributed by atoms with Gasteiger partial charge in [0, 0.05) is 11.6 Å². The lowest BCUT2D eigenvalue weighted by Crippen LogP contribution is -2.12. The van der Waals surface area contributed by atoms with Gasteiger partial charge in [0.2, 0.25) is 0 Å². The van der Waals surface area contributed by atoms with Crippen LogP contribution in [0.3, 0.4) is 0 Å². The van der Waals surface area contributed by atoms with Crippen LogP contribution < -0.4 is 5.32 Å². The van der Waals surface area contributed by atoms with Gasteiger partial charge in [0.1, 0.15) is 6.26 Å². The van der Waals surface area contributed by atoms with Gasteiger partial charge in [-0.1, -0.05) is 31.1 Å². The molecule has 0 atom stereocenters. The van der Waals surface area contributed by atoms with Gasteiger partial charge in [0.05, 0.1) is 0 Å². The molecule has 0 saturated heterocycles. The van der Waals surface area contributed by atoms with E-state index in [9.17, 15) is 4.79 Å². The second kappa shape index (κ2) is 4.82. The molecule has 0 fully saturated rings. The average Bonchev–Trinajstić information content (AvgIpc) is 2.82. The fourth-order valence-electron chi connectivity index (χ4n) is 1.48. The molecule has 1 aromatic carbocycles. The maximum absolute atomic E-state index is 11.8. The lowest BCUT2D eigenvalue weighted by molar-refractivity contribution is 0.102. The number of benzene rings is 1. The van der Waals surface area contributed by atoms with Crippen molar-refractivity contribution in [1.29, 1.82) is 0 Å². The fourth-order valence-corrected chi connectivity index (χ4v) is 1.48. The predicted molar refractivity (Wildman–Crippen MR) is 65.0 cm³/mol. The van der Waals surface area contributed by atoms with Crippen molar-refractivity contribution in [1.82, 2.24) is 5.16 Å². The Hall–Kier alpha value is -2.10. The SMILES string of the molecule is CC(C)c1ccc(C(=O)Nc2ccon2)cc1. The van der Waals surface area contributed by atoms with Crippen LogP contribution in [0.2, 0.25) is 0 Å². The van der Waals surface area contributed by atoms with E-state index in [1.165, 1.54) is 11.8 Å². The Morgan fingerprint density at radius 1 is 1.24 bits per heavy atom. The molecule has 0 unspecified atom stereocenters. The van der Waals surface area contributed by atoms with Crippen molar-refractivity contribution < 1.29 is 9.32 Å². The third-order valence-electron chi connectivity index (χ3n) is 2.52. The first-order valence-corrected chi connectivity index (χ1v) is 5.48. The van der Waals surface area contributed by atoms with Crippen LogP contribution in [0, 0.1) is 0 Å². The second-order valence-corrected chi connectivity index (χ2v) is 4.12. The van der Waals surface area contributed by atoms with Gasteiger partial charge in [0.25, 0.3) is 5.91 Å². The monoisotopic (exact) mass is 230 g/mol.